The van der Waals surface area contributed by atoms with Crippen LogP contribution in [0.5, 0.6) is 0 Å². The van der Waals surface area contributed by atoms with Crippen LogP contribution >= 0.6 is 22.9 Å². The predicted octanol–water partition coefficient (Wildman–Crippen LogP) is 4.20. The van der Waals surface area contributed by atoms with Crippen molar-refractivity contribution in [2.45, 2.75) is 45.6 Å². The summed E-state index contributed by atoms with van der Waals surface area (Å²) in [5, 5.41) is 0. The molecule has 4 heteroatoms. The fourth-order valence-corrected chi connectivity index (χ4v) is 3.68. The number of aromatic nitrogens is 1. The van der Waals surface area contributed by atoms with Crippen LogP contribution in [0.1, 0.15) is 43.9 Å². The van der Waals surface area contributed by atoms with Crippen LogP contribution in [-0.2, 0) is 6.54 Å². The summed E-state index contributed by atoms with van der Waals surface area (Å²) in [6, 6.07) is 0. The number of hydrogen-bond donors (Lipinski definition) is 0. The zero-order chi connectivity index (χ0) is 12.1. The van der Waals surface area contributed by atoms with Crippen molar-refractivity contribution < 1.29 is 0 Å². The van der Waals surface area contributed by atoms with Crippen molar-refractivity contribution in [2.24, 2.45) is 5.92 Å². The predicted molar refractivity (Wildman–Crippen MR) is 74.7 cm³/mol. The maximum Gasteiger partial charge on any atom is 0.183 e. The first-order valence-corrected chi connectivity index (χ1v) is 7.80. The van der Waals surface area contributed by atoms with Gasteiger partial charge in [-0.05, 0) is 38.3 Å². The Kier molecular flexibility index (Phi) is 5.26. The third-order valence-corrected chi connectivity index (χ3v) is 4.64. The average molecular weight is 273 g/mol. The van der Waals surface area contributed by atoms with Crippen LogP contribution in [-0.4, -0.2) is 23.0 Å². The van der Waals surface area contributed by atoms with Gasteiger partial charge in [0.2, 0.25) is 0 Å². The van der Waals surface area contributed by atoms with Crippen LogP contribution in [0.2, 0.25) is 4.47 Å². The Bertz CT molecular complexity index is 340. The first-order chi connectivity index (χ1) is 8.28. The topological polar surface area (TPSA) is 16.1 Å². The summed E-state index contributed by atoms with van der Waals surface area (Å²) in [5.41, 5.74) is 0. The number of hydrogen-bond acceptors (Lipinski definition) is 3. The van der Waals surface area contributed by atoms with E-state index in [1.165, 1.54) is 50.1 Å². The van der Waals surface area contributed by atoms with Gasteiger partial charge in [-0.3, -0.25) is 4.90 Å². The van der Waals surface area contributed by atoms with E-state index in [-0.39, 0.29) is 0 Å². The molecule has 0 saturated carbocycles. The van der Waals surface area contributed by atoms with Gasteiger partial charge in [-0.2, -0.15) is 0 Å². The molecule has 1 fully saturated rings. The maximum absolute atomic E-state index is 5.86. The molecule has 0 radical (unpaired) electrons. The molecule has 0 bridgehead atoms. The van der Waals surface area contributed by atoms with Crippen LogP contribution in [0.3, 0.4) is 0 Å². The summed E-state index contributed by atoms with van der Waals surface area (Å²) in [7, 11) is 0. The second-order valence-corrected chi connectivity index (χ2v) is 6.64. The Morgan fingerprint density at radius 2 is 2.35 bits per heavy atom. The zero-order valence-electron chi connectivity index (χ0n) is 10.5. The van der Waals surface area contributed by atoms with Crippen molar-refractivity contribution in [1.82, 2.24) is 9.88 Å². The maximum atomic E-state index is 5.86. The minimum atomic E-state index is 0.665. The molecule has 0 amide bonds. The minimum Gasteiger partial charge on any atom is -0.298 e. The van der Waals surface area contributed by atoms with E-state index in [4.69, 9.17) is 11.6 Å². The molecule has 0 N–H and O–H groups in total. The van der Waals surface area contributed by atoms with Gasteiger partial charge in [0.25, 0.3) is 0 Å². The lowest BCUT2D eigenvalue weighted by Crippen LogP contribution is -2.23. The monoisotopic (exact) mass is 272 g/mol. The van der Waals surface area contributed by atoms with Gasteiger partial charge in [0.05, 0.1) is 0 Å². The molecule has 0 aliphatic carbocycles. The molecule has 1 atom stereocenters. The van der Waals surface area contributed by atoms with Gasteiger partial charge in [-0.25, -0.2) is 4.98 Å². The summed E-state index contributed by atoms with van der Waals surface area (Å²) < 4.78 is 0.665. The van der Waals surface area contributed by atoms with E-state index in [1.54, 1.807) is 11.3 Å². The minimum absolute atomic E-state index is 0.665. The summed E-state index contributed by atoms with van der Waals surface area (Å²) >= 11 is 7.48. The number of thiazole rings is 1. The third-order valence-electron chi connectivity index (χ3n) is 3.54. The largest absolute Gasteiger partial charge is 0.298 e. The highest BCUT2D eigenvalue weighted by Gasteiger charge is 2.17. The Morgan fingerprint density at radius 1 is 1.47 bits per heavy atom. The molecule has 1 saturated heterocycles. The SMILES string of the molecule is CCCC1CCCN(Cc2cnc(Cl)s2)CC1. The molecular formula is C13H21ClN2S. The number of rotatable bonds is 4. The summed E-state index contributed by atoms with van der Waals surface area (Å²) in [5.74, 6) is 0.954. The van der Waals surface area contributed by atoms with Gasteiger partial charge < -0.3 is 0 Å². The highest BCUT2D eigenvalue weighted by molar-refractivity contribution is 7.15. The molecule has 1 aliphatic heterocycles. The fourth-order valence-electron chi connectivity index (χ4n) is 2.66. The van der Waals surface area contributed by atoms with Crippen molar-refractivity contribution >= 4 is 22.9 Å². The molecule has 0 spiro atoms. The van der Waals surface area contributed by atoms with Gasteiger partial charge in [0.1, 0.15) is 0 Å². The van der Waals surface area contributed by atoms with Gasteiger partial charge in [0.15, 0.2) is 4.47 Å². The molecular weight excluding hydrogens is 252 g/mol. The van der Waals surface area contributed by atoms with E-state index in [9.17, 15) is 0 Å². The summed E-state index contributed by atoms with van der Waals surface area (Å²) in [6.07, 6.45) is 8.77. The van der Waals surface area contributed by atoms with Crippen LogP contribution < -0.4 is 0 Å². The molecule has 96 valence electrons. The zero-order valence-corrected chi connectivity index (χ0v) is 12.1. The highest BCUT2D eigenvalue weighted by Crippen LogP contribution is 2.24. The second-order valence-electron chi connectivity index (χ2n) is 4.94. The van der Waals surface area contributed by atoms with Crippen molar-refractivity contribution in [2.75, 3.05) is 13.1 Å². The van der Waals surface area contributed by atoms with E-state index in [2.05, 4.69) is 16.8 Å². The normalized spacial score (nSPS) is 22.6. The first-order valence-electron chi connectivity index (χ1n) is 6.60. The van der Waals surface area contributed by atoms with E-state index in [1.807, 2.05) is 6.20 Å². The Balaban J connectivity index is 1.82. The fraction of sp³-hybridized carbons (Fsp3) is 0.769. The van der Waals surface area contributed by atoms with E-state index in [0.29, 0.717) is 4.47 Å². The molecule has 1 aromatic heterocycles. The van der Waals surface area contributed by atoms with Gasteiger partial charge in [0, 0.05) is 17.6 Å². The van der Waals surface area contributed by atoms with Gasteiger partial charge in [-0.1, -0.05) is 31.4 Å². The standard InChI is InChI=1S/C13H21ClN2S/c1-2-4-11-5-3-7-16(8-6-11)10-12-9-15-13(14)17-12/h9,11H,2-8,10H2,1H3. The second kappa shape index (κ2) is 6.72. The van der Waals surface area contributed by atoms with Gasteiger partial charge >= 0.3 is 0 Å². The molecule has 0 aromatic carbocycles. The van der Waals surface area contributed by atoms with Crippen molar-refractivity contribution in [3.05, 3.63) is 15.5 Å². The molecule has 1 unspecified atom stereocenters. The van der Waals surface area contributed by atoms with Crippen LogP contribution in [0.4, 0.5) is 0 Å². The molecule has 1 aromatic rings. The summed E-state index contributed by atoms with van der Waals surface area (Å²) in [4.78, 5) is 7.96. The average Bonchev–Trinajstić information content (AvgIpc) is 2.58. The van der Waals surface area contributed by atoms with E-state index >= 15 is 0 Å². The lowest BCUT2D eigenvalue weighted by molar-refractivity contribution is 0.273. The lowest BCUT2D eigenvalue weighted by Gasteiger charge is -2.18. The lowest BCUT2D eigenvalue weighted by atomic mass is 9.96. The van der Waals surface area contributed by atoms with Crippen LogP contribution in [0.15, 0.2) is 6.20 Å². The number of halogens is 1. The molecule has 2 nitrogen and oxygen atoms in total. The van der Waals surface area contributed by atoms with Gasteiger partial charge in [-0.15, -0.1) is 11.3 Å². The van der Waals surface area contributed by atoms with Crippen molar-refractivity contribution in [3.63, 3.8) is 0 Å². The van der Waals surface area contributed by atoms with E-state index < -0.39 is 0 Å². The summed E-state index contributed by atoms with van der Waals surface area (Å²) in [6.45, 7) is 5.79. The molecule has 2 heterocycles. The van der Waals surface area contributed by atoms with Crippen LogP contribution in [0.25, 0.3) is 0 Å². The molecule has 17 heavy (non-hydrogen) atoms. The number of nitrogens with zero attached hydrogens (tertiary/aromatic N) is 2. The van der Waals surface area contributed by atoms with Crippen molar-refractivity contribution in [3.8, 4) is 0 Å². The molecule has 2 rings (SSSR count). The first kappa shape index (κ1) is 13.3. The number of likely N-dealkylation sites (tertiary alicyclic amines) is 1. The Morgan fingerprint density at radius 3 is 3.06 bits per heavy atom. The molecule has 1 aliphatic rings. The third kappa shape index (κ3) is 4.23. The van der Waals surface area contributed by atoms with Crippen LogP contribution in [0, 0.1) is 5.92 Å². The Labute approximate surface area is 113 Å². The highest BCUT2D eigenvalue weighted by atomic mass is 35.5. The smallest absolute Gasteiger partial charge is 0.183 e. The van der Waals surface area contributed by atoms with Crippen molar-refractivity contribution in [1.29, 1.82) is 0 Å². The van der Waals surface area contributed by atoms with E-state index in [0.717, 1.165) is 12.5 Å². The Hall–Kier alpha value is -0.120. The quantitative estimate of drug-likeness (QED) is 0.817.